The van der Waals surface area contributed by atoms with Crippen LogP contribution >= 0.6 is 11.6 Å². The second kappa shape index (κ2) is 7.33. The van der Waals surface area contributed by atoms with Gasteiger partial charge in [-0.1, -0.05) is 41.9 Å². The van der Waals surface area contributed by atoms with E-state index in [2.05, 4.69) is 15.1 Å². The minimum absolute atomic E-state index is 0.244. The number of hydrogen-bond acceptors (Lipinski definition) is 4. The molecule has 7 heteroatoms. The van der Waals surface area contributed by atoms with Gasteiger partial charge in [-0.05, 0) is 24.5 Å². The Morgan fingerprint density at radius 2 is 1.85 bits per heavy atom. The summed E-state index contributed by atoms with van der Waals surface area (Å²) in [5, 5.41) is 8.91. The van der Waals surface area contributed by atoms with Crippen molar-refractivity contribution >= 4 is 17.3 Å². The molecule has 0 atom stereocenters. The number of halogens is 1. The fourth-order valence-corrected chi connectivity index (χ4v) is 3.68. The third-order valence-electron chi connectivity index (χ3n) is 4.85. The van der Waals surface area contributed by atoms with E-state index in [-0.39, 0.29) is 10.6 Å². The van der Waals surface area contributed by atoms with E-state index in [9.17, 15) is 4.79 Å². The summed E-state index contributed by atoms with van der Waals surface area (Å²) in [5.74, 6) is 0. The predicted molar refractivity (Wildman–Crippen MR) is 102 cm³/mol. The van der Waals surface area contributed by atoms with E-state index in [1.807, 2.05) is 47.3 Å². The van der Waals surface area contributed by atoms with Crippen LogP contribution < -0.4 is 10.5 Å². The second-order valence-electron chi connectivity index (χ2n) is 6.50. The molecule has 1 saturated heterocycles. The van der Waals surface area contributed by atoms with Gasteiger partial charge in [0.05, 0.1) is 24.5 Å². The summed E-state index contributed by atoms with van der Waals surface area (Å²) in [6.07, 6.45) is 7.44. The first-order chi connectivity index (χ1) is 12.7. The minimum atomic E-state index is -0.248. The average molecular weight is 370 g/mol. The molecule has 1 aliphatic rings. The van der Waals surface area contributed by atoms with Crippen molar-refractivity contribution in [2.75, 3.05) is 18.0 Å². The fourth-order valence-electron chi connectivity index (χ4n) is 3.41. The smallest absolute Gasteiger partial charge is 0.287 e. The van der Waals surface area contributed by atoms with E-state index < -0.39 is 0 Å². The van der Waals surface area contributed by atoms with Crippen LogP contribution in [0, 0.1) is 0 Å². The molecule has 0 radical (unpaired) electrons. The van der Waals surface area contributed by atoms with E-state index in [0.29, 0.717) is 12.6 Å². The lowest BCUT2D eigenvalue weighted by atomic mass is 10.0. The Hall–Kier alpha value is -2.60. The van der Waals surface area contributed by atoms with E-state index >= 15 is 0 Å². The topological polar surface area (TPSA) is 56.0 Å². The van der Waals surface area contributed by atoms with Crippen LogP contribution in [0.3, 0.4) is 0 Å². The van der Waals surface area contributed by atoms with Crippen LogP contribution in [0.5, 0.6) is 0 Å². The highest BCUT2D eigenvalue weighted by atomic mass is 35.5. The summed E-state index contributed by atoms with van der Waals surface area (Å²) < 4.78 is 3.42. The van der Waals surface area contributed by atoms with Crippen molar-refractivity contribution in [1.29, 1.82) is 0 Å². The van der Waals surface area contributed by atoms with Gasteiger partial charge in [0.15, 0.2) is 0 Å². The molecule has 4 rings (SSSR count). The van der Waals surface area contributed by atoms with Gasteiger partial charge in [-0.15, -0.1) is 0 Å². The number of nitrogens with zero attached hydrogens (tertiary/aromatic N) is 5. The molecule has 0 spiro atoms. The number of anilines is 1. The predicted octanol–water partition coefficient (Wildman–Crippen LogP) is 2.98. The van der Waals surface area contributed by atoms with Crippen LogP contribution in [0.25, 0.3) is 0 Å². The molecule has 2 aromatic heterocycles. The molecule has 0 amide bonds. The molecule has 134 valence electrons. The van der Waals surface area contributed by atoms with E-state index in [0.717, 1.165) is 37.2 Å². The molecule has 1 aliphatic heterocycles. The van der Waals surface area contributed by atoms with Gasteiger partial charge in [0.25, 0.3) is 5.56 Å². The summed E-state index contributed by atoms with van der Waals surface area (Å²) in [7, 11) is 0. The zero-order valence-electron chi connectivity index (χ0n) is 14.3. The Morgan fingerprint density at radius 1 is 1.08 bits per heavy atom. The van der Waals surface area contributed by atoms with Gasteiger partial charge in [0.1, 0.15) is 5.02 Å². The van der Waals surface area contributed by atoms with Gasteiger partial charge in [-0.2, -0.15) is 10.2 Å². The molecule has 0 unspecified atom stereocenters. The largest absolute Gasteiger partial charge is 0.369 e. The summed E-state index contributed by atoms with van der Waals surface area (Å²) in [4.78, 5) is 14.8. The lowest BCUT2D eigenvalue weighted by molar-refractivity contribution is 0.366. The average Bonchev–Trinajstić information content (AvgIpc) is 3.22. The molecule has 0 saturated carbocycles. The highest BCUT2D eigenvalue weighted by Crippen LogP contribution is 2.28. The SMILES string of the molecule is O=c1c(Cl)c(N2CCC(n3cccn3)CC2)cnn1Cc1ccccc1. The summed E-state index contributed by atoms with van der Waals surface area (Å²) in [6, 6.07) is 12.1. The van der Waals surface area contributed by atoms with Gasteiger partial charge in [0, 0.05) is 25.5 Å². The zero-order chi connectivity index (χ0) is 17.9. The van der Waals surface area contributed by atoms with Crippen LogP contribution in [0.4, 0.5) is 5.69 Å². The Morgan fingerprint density at radius 3 is 2.54 bits per heavy atom. The van der Waals surface area contributed by atoms with Gasteiger partial charge in [-0.25, -0.2) is 4.68 Å². The van der Waals surface area contributed by atoms with Gasteiger partial charge in [-0.3, -0.25) is 9.48 Å². The third kappa shape index (κ3) is 3.37. The Bertz CT molecular complexity index is 915. The van der Waals surface area contributed by atoms with Crippen LogP contribution in [0.1, 0.15) is 24.4 Å². The lowest BCUT2D eigenvalue weighted by Crippen LogP contribution is -2.36. The van der Waals surface area contributed by atoms with Crippen molar-refractivity contribution in [2.45, 2.75) is 25.4 Å². The molecule has 26 heavy (non-hydrogen) atoms. The Kier molecular flexibility index (Phi) is 4.75. The number of aromatic nitrogens is 4. The summed E-state index contributed by atoms with van der Waals surface area (Å²) in [6.45, 7) is 2.07. The number of rotatable bonds is 4. The van der Waals surface area contributed by atoms with Crippen molar-refractivity contribution in [3.63, 3.8) is 0 Å². The maximum Gasteiger partial charge on any atom is 0.287 e. The fraction of sp³-hybridized carbons (Fsp3) is 0.316. The van der Waals surface area contributed by atoms with Gasteiger partial charge >= 0.3 is 0 Å². The number of benzene rings is 1. The van der Waals surface area contributed by atoms with Crippen LogP contribution in [-0.2, 0) is 6.54 Å². The van der Waals surface area contributed by atoms with Crippen LogP contribution in [0.2, 0.25) is 5.02 Å². The molecular formula is C19H20ClN5O. The molecule has 3 heterocycles. The molecule has 0 N–H and O–H groups in total. The molecule has 3 aromatic rings. The van der Waals surface area contributed by atoms with Crippen molar-refractivity contribution < 1.29 is 0 Å². The summed E-state index contributed by atoms with van der Waals surface area (Å²) >= 11 is 6.40. The van der Waals surface area contributed by atoms with Crippen molar-refractivity contribution in [1.82, 2.24) is 19.6 Å². The van der Waals surface area contributed by atoms with Gasteiger partial charge < -0.3 is 4.90 Å². The molecule has 0 aliphatic carbocycles. The quantitative estimate of drug-likeness (QED) is 0.709. The summed E-state index contributed by atoms with van der Waals surface area (Å²) in [5.41, 5.74) is 1.49. The second-order valence-corrected chi connectivity index (χ2v) is 6.87. The first-order valence-electron chi connectivity index (χ1n) is 8.76. The van der Waals surface area contributed by atoms with E-state index in [1.165, 1.54) is 4.68 Å². The maximum atomic E-state index is 12.6. The minimum Gasteiger partial charge on any atom is -0.369 e. The standard InChI is InChI=1S/C19H20ClN5O/c20-18-17(23-11-7-16(8-12-23)24-10-4-9-21-24)13-22-25(19(18)26)14-15-5-2-1-3-6-15/h1-6,9-10,13,16H,7-8,11-12,14H2. The molecule has 1 aromatic carbocycles. The monoisotopic (exact) mass is 369 g/mol. The van der Waals surface area contributed by atoms with E-state index in [4.69, 9.17) is 11.6 Å². The van der Waals surface area contributed by atoms with Gasteiger partial charge in [0.2, 0.25) is 0 Å². The zero-order valence-corrected chi connectivity index (χ0v) is 15.1. The molecule has 1 fully saturated rings. The Labute approximate surface area is 156 Å². The first-order valence-corrected chi connectivity index (χ1v) is 9.14. The van der Waals surface area contributed by atoms with Crippen molar-refractivity contribution in [3.05, 3.63) is 75.9 Å². The normalized spacial score (nSPS) is 15.3. The third-order valence-corrected chi connectivity index (χ3v) is 5.20. The lowest BCUT2D eigenvalue weighted by Gasteiger charge is -2.33. The highest BCUT2D eigenvalue weighted by Gasteiger charge is 2.23. The highest BCUT2D eigenvalue weighted by molar-refractivity contribution is 6.33. The first kappa shape index (κ1) is 16.8. The molecular weight excluding hydrogens is 350 g/mol. The van der Waals surface area contributed by atoms with Crippen LogP contribution in [0.15, 0.2) is 59.8 Å². The van der Waals surface area contributed by atoms with Crippen LogP contribution in [-0.4, -0.2) is 32.7 Å². The Balaban J connectivity index is 1.50. The molecule has 6 nitrogen and oxygen atoms in total. The van der Waals surface area contributed by atoms with Crippen molar-refractivity contribution in [2.24, 2.45) is 0 Å². The maximum absolute atomic E-state index is 12.6. The number of hydrogen-bond donors (Lipinski definition) is 0. The molecule has 0 bridgehead atoms. The van der Waals surface area contributed by atoms with E-state index in [1.54, 1.807) is 12.4 Å². The number of piperidine rings is 1. The van der Waals surface area contributed by atoms with Crippen molar-refractivity contribution in [3.8, 4) is 0 Å².